The Balaban J connectivity index is 1.35. The second kappa shape index (κ2) is 6.55. The molecule has 2 nitrogen and oxygen atoms in total. The third-order valence-corrected chi connectivity index (χ3v) is 6.91. The van der Waals surface area contributed by atoms with Gasteiger partial charge < -0.3 is 10.1 Å². The van der Waals surface area contributed by atoms with E-state index in [9.17, 15) is 0 Å². The van der Waals surface area contributed by atoms with Gasteiger partial charge in [-0.25, -0.2) is 0 Å². The minimum absolute atomic E-state index is 0.570. The molecule has 4 aliphatic rings. The topological polar surface area (TPSA) is 21.3 Å². The molecular formula is C22H31NO. The second-order valence-electron chi connectivity index (χ2n) is 8.63. The molecule has 4 aliphatic carbocycles. The smallest absolute Gasteiger partial charge is 0.119 e. The summed E-state index contributed by atoms with van der Waals surface area (Å²) < 4.78 is 5.56. The fraction of sp³-hybridized carbons (Fsp3) is 0.636. The van der Waals surface area contributed by atoms with Crippen molar-refractivity contribution in [1.29, 1.82) is 0 Å². The van der Waals surface area contributed by atoms with Crippen LogP contribution in [0.3, 0.4) is 0 Å². The Kier molecular flexibility index (Phi) is 4.42. The zero-order valence-corrected chi connectivity index (χ0v) is 15.0. The molecule has 1 N–H and O–H groups in total. The molecule has 0 aliphatic heterocycles. The Bertz CT molecular complexity index is 541. The summed E-state index contributed by atoms with van der Waals surface area (Å²) >= 11 is 0. The summed E-state index contributed by atoms with van der Waals surface area (Å²) in [7, 11) is 0. The first-order valence-electron chi connectivity index (χ1n) is 9.73. The first-order chi connectivity index (χ1) is 11.7. The van der Waals surface area contributed by atoms with Gasteiger partial charge in [0.05, 0.1) is 0 Å². The quantitative estimate of drug-likeness (QED) is 0.717. The van der Waals surface area contributed by atoms with Crippen LogP contribution in [0.15, 0.2) is 36.9 Å². The van der Waals surface area contributed by atoms with Crippen molar-refractivity contribution >= 4 is 0 Å². The Morgan fingerprint density at radius 3 is 2.25 bits per heavy atom. The molecule has 0 aromatic heterocycles. The van der Waals surface area contributed by atoms with Crippen LogP contribution in [-0.4, -0.2) is 12.6 Å². The molecule has 1 aromatic rings. The van der Waals surface area contributed by atoms with Gasteiger partial charge in [-0.2, -0.15) is 0 Å². The molecule has 2 heteroatoms. The molecule has 1 aromatic carbocycles. The molecule has 130 valence electrons. The van der Waals surface area contributed by atoms with Crippen molar-refractivity contribution in [1.82, 2.24) is 5.32 Å². The summed E-state index contributed by atoms with van der Waals surface area (Å²) in [6.45, 7) is 7.66. The zero-order chi connectivity index (χ0) is 16.6. The van der Waals surface area contributed by atoms with Crippen molar-refractivity contribution in [3.05, 3.63) is 42.5 Å². The monoisotopic (exact) mass is 325 g/mol. The lowest BCUT2D eigenvalue weighted by Crippen LogP contribution is -2.54. The van der Waals surface area contributed by atoms with E-state index in [1.54, 1.807) is 6.08 Å². The highest BCUT2D eigenvalue weighted by molar-refractivity contribution is 5.27. The van der Waals surface area contributed by atoms with Crippen LogP contribution < -0.4 is 10.1 Å². The average molecular weight is 325 g/mol. The number of hydrogen-bond donors (Lipinski definition) is 1. The van der Waals surface area contributed by atoms with Crippen LogP contribution in [0.25, 0.3) is 0 Å². The summed E-state index contributed by atoms with van der Waals surface area (Å²) in [4.78, 5) is 0. The van der Waals surface area contributed by atoms with Gasteiger partial charge in [0.2, 0.25) is 0 Å². The Labute approximate surface area is 146 Å². The van der Waals surface area contributed by atoms with Crippen LogP contribution in [0, 0.1) is 23.2 Å². The van der Waals surface area contributed by atoms with Crippen LogP contribution in [0.4, 0.5) is 0 Å². The van der Waals surface area contributed by atoms with E-state index in [-0.39, 0.29) is 0 Å². The molecule has 4 bridgehead atoms. The Morgan fingerprint density at radius 2 is 1.71 bits per heavy atom. The van der Waals surface area contributed by atoms with Crippen LogP contribution in [0.5, 0.6) is 5.75 Å². The van der Waals surface area contributed by atoms with Gasteiger partial charge in [0.1, 0.15) is 12.4 Å². The van der Waals surface area contributed by atoms with Crippen LogP contribution in [0.1, 0.15) is 51.0 Å². The van der Waals surface area contributed by atoms with Gasteiger partial charge in [-0.15, -0.1) is 0 Å². The molecule has 1 unspecified atom stereocenters. The molecule has 0 spiro atoms. The predicted molar refractivity (Wildman–Crippen MR) is 99.0 cm³/mol. The SMILES string of the molecule is C=CCOc1ccc(CNC(C)C23CC4CC(CC(C4)C2)C3)cc1. The van der Waals surface area contributed by atoms with Crippen LogP contribution in [-0.2, 0) is 6.54 Å². The highest BCUT2D eigenvalue weighted by Gasteiger charge is 2.52. The van der Waals surface area contributed by atoms with Crippen molar-refractivity contribution in [2.24, 2.45) is 23.2 Å². The van der Waals surface area contributed by atoms with E-state index >= 15 is 0 Å². The molecule has 5 rings (SSSR count). The maximum atomic E-state index is 5.56. The number of hydrogen-bond acceptors (Lipinski definition) is 2. The summed E-state index contributed by atoms with van der Waals surface area (Å²) in [5.41, 5.74) is 1.93. The first-order valence-corrected chi connectivity index (χ1v) is 9.73. The van der Waals surface area contributed by atoms with Gasteiger partial charge in [-0.05, 0) is 86.3 Å². The summed E-state index contributed by atoms with van der Waals surface area (Å²) in [6, 6.07) is 9.11. The van der Waals surface area contributed by atoms with E-state index in [1.165, 1.54) is 44.1 Å². The number of rotatable bonds is 7. The summed E-state index contributed by atoms with van der Waals surface area (Å²) in [5, 5.41) is 3.86. The van der Waals surface area contributed by atoms with E-state index in [0.717, 1.165) is 30.0 Å². The maximum Gasteiger partial charge on any atom is 0.119 e. The van der Waals surface area contributed by atoms with Crippen LogP contribution in [0.2, 0.25) is 0 Å². The standard InChI is InChI=1S/C22H31NO/c1-3-8-24-21-6-4-17(5-7-21)15-23-16(2)22-12-18-9-19(13-22)11-20(10-18)14-22/h3-7,16,18-20,23H,1,8-15H2,2H3. The molecule has 0 heterocycles. The largest absolute Gasteiger partial charge is 0.490 e. The second-order valence-corrected chi connectivity index (χ2v) is 8.63. The third kappa shape index (κ3) is 3.13. The van der Waals surface area contributed by atoms with Gasteiger partial charge in [0, 0.05) is 12.6 Å². The van der Waals surface area contributed by atoms with E-state index in [4.69, 9.17) is 4.74 Å². The molecule has 0 amide bonds. The molecular weight excluding hydrogens is 294 g/mol. The summed E-state index contributed by atoms with van der Waals surface area (Å²) in [5.74, 6) is 4.01. The van der Waals surface area contributed by atoms with Crippen LogP contribution >= 0.6 is 0 Å². The first kappa shape index (κ1) is 16.2. The van der Waals surface area contributed by atoms with Crippen molar-refractivity contribution in [2.45, 2.75) is 58.0 Å². The third-order valence-electron chi connectivity index (χ3n) is 6.91. The lowest BCUT2D eigenvalue weighted by Gasteiger charge is -2.59. The molecule has 4 saturated carbocycles. The van der Waals surface area contributed by atoms with Crippen molar-refractivity contribution in [3.63, 3.8) is 0 Å². The highest BCUT2D eigenvalue weighted by Crippen LogP contribution is 2.61. The molecule has 0 saturated heterocycles. The Morgan fingerprint density at radius 1 is 1.12 bits per heavy atom. The normalized spacial score (nSPS) is 35.0. The van der Waals surface area contributed by atoms with E-state index in [1.807, 2.05) is 0 Å². The molecule has 24 heavy (non-hydrogen) atoms. The Hall–Kier alpha value is -1.28. The lowest BCUT2D eigenvalue weighted by molar-refractivity contribution is -0.0706. The van der Waals surface area contributed by atoms with Gasteiger partial charge in [-0.3, -0.25) is 0 Å². The van der Waals surface area contributed by atoms with E-state index in [2.05, 4.69) is 43.1 Å². The minimum Gasteiger partial charge on any atom is -0.490 e. The van der Waals surface area contributed by atoms with E-state index in [0.29, 0.717) is 18.1 Å². The minimum atomic E-state index is 0.570. The molecule has 0 radical (unpaired) electrons. The molecule has 4 fully saturated rings. The van der Waals surface area contributed by atoms with Gasteiger partial charge in [0.25, 0.3) is 0 Å². The highest BCUT2D eigenvalue weighted by atomic mass is 16.5. The predicted octanol–water partition coefficient (Wildman–Crippen LogP) is 4.95. The average Bonchev–Trinajstić information content (AvgIpc) is 2.57. The van der Waals surface area contributed by atoms with E-state index < -0.39 is 0 Å². The number of benzene rings is 1. The van der Waals surface area contributed by atoms with Gasteiger partial charge in [0.15, 0.2) is 0 Å². The lowest BCUT2D eigenvalue weighted by atomic mass is 9.48. The van der Waals surface area contributed by atoms with Gasteiger partial charge >= 0.3 is 0 Å². The molecule has 1 atom stereocenters. The number of nitrogens with one attached hydrogen (secondary N) is 1. The van der Waals surface area contributed by atoms with Crippen molar-refractivity contribution in [3.8, 4) is 5.75 Å². The van der Waals surface area contributed by atoms with Gasteiger partial charge in [-0.1, -0.05) is 24.8 Å². The number of ether oxygens (including phenoxy) is 1. The fourth-order valence-electron chi connectivity index (χ4n) is 6.05. The summed E-state index contributed by atoms with van der Waals surface area (Å²) in [6.07, 6.45) is 10.8. The maximum absolute atomic E-state index is 5.56. The van der Waals surface area contributed by atoms with Crippen molar-refractivity contribution in [2.75, 3.05) is 6.61 Å². The fourth-order valence-corrected chi connectivity index (χ4v) is 6.05. The van der Waals surface area contributed by atoms with Crippen molar-refractivity contribution < 1.29 is 4.74 Å². The zero-order valence-electron chi connectivity index (χ0n) is 15.0.